The molecule has 2 aromatic rings. The number of rotatable bonds is 4. The van der Waals surface area contributed by atoms with Crippen molar-refractivity contribution in [3.8, 4) is 0 Å². The first-order valence-corrected chi connectivity index (χ1v) is 5.82. The summed E-state index contributed by atoms with van der Waals surface area (Å²) in [6.45, 7) is 2.02. The summed E-state index contributed by atoms with van der Waals surface area (Å²) in [5.41, 5.74) is 2.05. The summed E-state index contributed by atoms with van der Waals surface area (Å²) >= 11 is 1.57. The Morgan fingerprint density at radius 2 is 2.31 bits per heavy atom. The van der Waals surface area contributed by atoms with E-state index in [1.165, 1.54) is 6.33 Å². The summed E-state index contributed by atoms with van der Waals surface area (Å²) in [6.07, 6.45) is 0.724. The minimum Gasteiger partial charge on any atom is -0.394 e. The van der Waals surface area contributed by atoms with Crippen molar-refractivity contribution in [2.24, 2.45) is 0 Å². The van der Waals surface area contributed by atoms with Gasteiger partial charge in [0, 0.05) is 6.54 Å². The summed E-state index contributed by atoms with van der Waals surface area (Å²) in [5.74, 6) is 0.704. The second kappa shape index (κ2) is 4.73. The van der Waals surface area contributed by atoms with Crippen molar-refractivity contribution < 1.29 is 10.2 Å². The van der Waals surface area contributed by atoms with Crippen molar-refractivity contribution in [3.63, 3.8) is 0 Å². The lowest BCUT2D eigenvalue weighted by Gasteiger charge is -2.09. The molecule has 0 radical (unpaired) electrons. The fourth-order valence-corrected chi connectivity index (χ4v) is 2.34. The van der Waals surface area contributed by atoms with E-state index in [0.29, 0.717) is 5.82 Å². The van der Waals surface area contributed by atoms with Gasteiger partial charge in [-0.15, -0.1) is 11.3 Å². The highest BCUT2D eigenvalue weighted by Crippen LogP contribution is 2.28. The number of aliphatic hydroxyl groups is 2. The molecule has 0 fully saturated rings. The lowest BCUT2D eigenvalue weighted by atomic mass is 10.3. The summed E-state index contributed by atoms with van der Waals surface area (Å²) in [6, 6.07) is 0. The highest BCUT2D eigenvalue weighted by atomic mass is 32.1. The fraction of sp³-hybridized carbons (Fsp3) is 0.400. The van der Waals surface area contributed by atoms with Crippen LogP contribution in [0.4, 0.5) is 5.82 Å². The van der Waals surface area contributed by atoms with E-state index < -0.39 is 6.10 Å². The molecule has 2 rings (SSSR count). The quantitative estimate of drug-likeness (QED) is 0.734. The molecule has 5 nitrogen and oxygen atoms in total. The molecule has 0 amide bonds. The van der Waals surface area contributed by atoms with Gasteiger partial charge in [0.25, 0.3) is 0 Å². The number of aromatic nitrogens is 2. The molecule has 0 spiro atoms. The maximum atomic E-state index is 9.24. The topological polar surface area (TPSA) is 78.3 Å². The smallest absolute Gasteiger partial charge is 0.147 e. The molecular formula is C10H13N3O2S. The highest BCUT2D eigenvalue weighted by Gasteiger charge is 2.09. The number of anilines is 1. The molecule has 1 unspecified atom stereocenters. The molecular weight excluding hydrogens is 226 g/mol. The predicted molar refractivity (Wildman–Crippen MR) is 63.7 cm³/mol. The number of aliphatic hydroxyl groups excluding tert-OH is 2. The van der Waals surface area contributed by atoms with Gasteiger partial charge in [0.15, 0.2) is 0 Å². The summed E-state index contributed by atoms with van der Waals surface area (Å²) in [5, 5.41) is 23.0. The maximum absolute atomic E-state index is 9.24. The standard InChI is InChI=1S/C10H13N3O2S/c1-6-4-16-9-8(6)12-5-13-10(9)11-2-7(15)3-14/h4-5,7,14-15H,2-3H2,1H3,(H,11,12,13). The van der Waals surface area contributed by atoms with E-state index in [2.05, 4.69) is 15.3 Å². The van der Waals surface area contributed by atoms with Crippen molar-refractivity contribution in [2.75, 3.05) is 18.5 Å². The molecule has 0 saturated heterocycles. The molecule has 0 aliphatic carbocycles. The van der Waals surface area contributed by atoms with Crippen LogP contribution in [0.5, 0.6) is 0 Å². The molecule has 6 heteroatoms. The first-order chi connectivity index (χ1) is 7.72. The van der Waals surface area contributed by atoms with Crippen LogP contribution >= 0.6 is 11.3 Å². The van der Waals surface area contributed by atoms with E-state index in [0.717, 1.165) is 15.8 Å². The third-order valence-corrected chi connectivity index (χ3v) is 3.34. The molecule has 0 aromatic carbocycles. The van der Waals surface area contributed by atoms with E-state index in [-0.39, 0.29) is 13.2 Å². The van der Waals surface area contributed by atoms with Crippen LogP contribution in [0.3, 0.4) is 0 Å². The van der Waals surface area contributed by atoms with Gasteiger partial charge in [0.1, 0.15) is 12.1 Å². The first kappa shape index (κ1) is 11.3. The van der Waals surface area contributed by atoms with Gasteiger partial charge < -0.3 is 15.5 Å². The Balaban J connectivity index is 2.24. The number of nitrogens with zero attached hydrogens (tertiary/aromatic N) is 2. The Hall–Kier alpha value is -1.24. The van der Waals surface area contributed by atoms with Crippen molar-refractivity contribution in [1.82, 2.24) is 9.97 Å². The fourth-order valence-electron chi connectivity index (χ4n) is 1.37. The van der Waals surface area contributed by atoms with Gasteiger partial charge >= 0.3 is 0 Å². The highest BCUT2D eigenvalue weighted by molar-refractivity contribution is 7.18. The Kier molecular flexibility index (Phi) is 3.33. The summed E-state index contributed by atoms with van der Waals surface area (Å²) in [4.78, 5) is 8.32. The van der Waals surface area contributed by atoms with Gasteiger partial charge in [-0.1, -0.05) is 0 Å². The SMILES string of the molecule is Cc1csc2c(NCC(O)CO)ncnc12. The third kappa shape index (κ3) is 2.13. The van der Waals surface area contributed by atoms with Gasteiger partial charge in [0.2, 0.25) is 0 Å². The third-order valence-electron chi connectivity index (χ3n) is 2.25. The van der Waals surface area contributed by atoms with Crippen molar-refractivity contribution >= 4 is 27.4 Å². The van der Waals surface area contributed by atoms with Gasteiger partial charge in [-0.25, -0.2) is 9.97 Å². The van der Waals surface area contributed by atoms with Crippen LogP contribution < -0.4 is 5.32 Å². The Morgan fingerprint density at radius 3 is 3.06 bits per heavy atom. The van der Waals surface area contributed by atoms with Crippen LogP contribution in [0.1, 0.15) is 5.56 Å². The molecule has 16 heavy (non-hydrogen) atoms. The number of aryl methyl sites for hydroxylation is 1. The van der Waals surface area contributed by atoms with Crippen LogP contribution in [0, 0.1) is 6.92 Å². The van der Waals surface area contributed by atoms with Gasteiger partial charge in [-0.2, -0.15) is 0 Å². The Bertz CT molecular complexity index is 486. The number of hydrogen-bond acceptors (Lipinski definition) is 6. The molecule has 2 aromatic heterocycles. The number of nitrogens with one attached hydrogen (secondary N) is 1. The van der Waals surface area contributed by atoms with Crippen molar-refractivity contribution in [2.45, 2.75) is 13.0 Å². The average molecular weight is 239 g/mol. The predicted octanol–water partition coefficient (Wildman–Crippen LogP) is 0.765. The van der Waals surface area contributed by atoms with E-state index in [1.54, 1.807) is 11.3 Å². The second-order valence-electron chi connectivity index (χ2n) is 3.54. The first-order valence-electron chi connectivity index (χ1n) is 4.94. The molecule has 1 atom stereocenters. The number of fused-ring (bicyclic) bond motifs is 1. The van der Waals surface area contributed by atoms with Crippen LogP contribution in [-0.4, -0.2) is 39.4 Å². The molecule has 0 aliphatic rings. The van der Waals surface area contributed by atoms with E-state index in [4.69, 9.17) is 5.11 Å². The molecule has 0 bridgehead atoms. The molecule has 0 saturated carbocycles. The van der Waals surface area contributed by atoms with E-state index in [1.807, 2.05) is 12.3 Å². The van der Waals surface area contributed by atoms with Gasteiger partial charge in [0.05, 0.1) is 22.9 Å². The van der Waals surface area contributed by atoms with Crippen LogP contribution in [0.2, 0.25) is 0 Å². The monoisotopic (exact) mass is 239 g/mol. The molecule has 86 valence electrons. The zero-order chi connectivity index (χ0) is 11.5. The zero-order valence-electron chi connectivity index (χ0n) is 8.84. The Labute approximate surface area is 96.8 Å². The van der Waals surface area contributed by atoms with Crippen molar-refractivity contribution in [1.29, 1.82) is 0 Å². The van der Waals surface area contributed by atoms with Crippen molar-refractivity contribution in [3.05, 3.63) is 17.3 Å². The maximum Gasteiger partial charge on any atom is 0.147 e. The number of thiophene rings is 1. The minimum atomic E-state index is -0.772. The molecule has 0 aliphatic heterocycles. The van der Waals surface area contributed by atoms with E-state index in [9.17, 15) is 5.11 Å². The van der Waals surface area contributed by atoms with Crippen LogP contribution in [-0.2, 0) is 0 Å². The summed E-state index contributed by atoms with van der Waals surface area (Å²) < 4.78 is 0.977. The largest absolute Gasteiger partial charge is 0.394 e. The van der Waals surface area contributed by atoms with E-state index >= 15 is 0 Å². The van der Waals surface area contributed by atoms with Gasteiger partial charge in [-0.3, -0.25) is 0 Å². The van der Waals surface area contributed by atoms with Crippen LogP contribution in [0.15, 0.2) is 11.7 Å². The summed E-state index contributed by atoms with van der Waals surface area (Å²) in [7, 11) is 0. The average Bonchev–Trinajstić information content (AvgIpc) is 2.69. The van der Waals surface area contributed by atoms with Crippen LogP contribution in [0.25, 0.3) is 10.2 Å². The second-order valence-corrected chi connectivity index (χ2v) is 4.42. The number of hydrogen-bond donors (Lipinski definition) is 3. The lowest BCUT2D eigenvalue weighted by molar-refractivity contribution is 0.105. The molecule has 2 heterocycles. The Morgan fingerprint density at radius 1 is 1.50 bits per heavy atom. The van der Waals surface area contributed by atoms with Gasteiger partial charge in [-0.05, 0) is 17.9 Å². The lowest BCUT2D eigenvalue weighted by Crippen LogP contribution is -2.23. The normalized spacial score (nSPS) is 12.9. The molecule has 3 N–H and O–H groups in total. The zero-order valence-corrected chi connectivity index (χ0v) is 9.66. The minimum absolute atomic E-state index is 0.259.